The van der Waals surface area contributed by atoms with Gasteiger partial charge in [0.05, 0.1) is 0 Å². The van der Waals surface area contributed by atoms with E-state index in [4.69, 9.17) is 5.73 Å². The van der Waals surface area contributed by atoms with Gasteiger partial charge in [0.25, 0.3) is 0 Å². The van der Waals surface area contributed by atoms with Gasteiger partial charge >= 0.3 is 0 Å². The number of nitrogens with zero attached hydrogens (tertiary/aromatic N) is 2. The summed E-state index contributed by atoms with van der Waals surface area (Å²) in [6.45, 7) is 9.10. The average Bonchev–Trinajstić information content (AvgIpc) is 2.39. The fraction of sp³-hybridized carbons (Fsp3) is 1.00. The Labute approximate surface area is 120 Å². The van der Waals surface area contributed by atoms with Crippen molar-refractivity contribution in [2.45, 2.75) is 57.9 Å². The molecule has 1 fully saturated rings. The van der Waals surface area contributed by atoms with Gasteiger partial charge in [0.1, 0.15) is 0 Å². The van der Waals surface area contributed by atoms with Gasteiger partial charge < -0.3 is 10.6 Å². The third-order valence-corrected chi connectivity index (χ3v) is 4.78. The topological polar surface area (TPSA) is 32.5 Å². The summed E-state index contributed by atoms with van der Waals surface area (Å²) in [5, 5.41) is 0. The van der Waals surface area contributed by atoms with Crippen LogP contribution in [0.15, 0.2) is 0 Å². The minimum Gasteiger partial charge on any atom is -0.329 e. The Morgan fingerprint density at radius 2 is 1.74 bits per heavy atom. The summed E-state index contributed by atoms with van der Waals surface area (Å²) in [5.41, 5.74) is 6.49. The van der Waals surface area contributed by atoms with Crippen LogP contribution in [0.2, 0.25) is 0 Å². The second kappa shape index (κ2) is 8.23. The van der Waals surface area contributed by atoms with E-state index in [0.717, 1.165) is 12.5 Å². The van der Waals surface area contributed by atoms with Gasteiger partial charge in [0.2, 0.25) is 0 Å². The normalized spacial score (nSPS) is 28.3. The lowest BCUT2D eigenvalue weighted by Gasteiger charge is -2.47. The lowest BCUT2D eigenvalue weighted by atomic mass is 9.76. The molecule has 0 spiro atoms. The van der Waals surface area contributed by atoms with Crippen LogP contribution in [-0.2, 0) is 0 Å². The van der Waals surface area contributed by atoms with Crippen molar-refractivity contribution in [1.82, 2.24) is 9.80 Å². The third-order valence-electron chi connectivity index (χ3n) is 4.78. The molecule has 114 valence electrons. The molecule has 0 aliphatic heterocycles. The van der Waals surface area contributed by atoms with Gasteiger partial charge in [-0.25, -0.2) is 0 Å². The molecule has 19 heavy (non-hydrogen) atoms. The SMILES string of the molecule is CCCN(CCCN(C)C)C1(CN)CCC(C)CC1. The Hall–Kier alpha value is -0.120. The smallest absolute Gasteiger partial charge is 0.0331 e. The van der Waals surface area contributed by atoms with Crippen molar-refractivity contribution in [3.05, 3.63) is 0 Å². The molecular formula is C16H35N3. The molecule has 1 aliphatic rings. The fourth-order valence-corrected chi connectivity index (χ4v) is 3.38. The molecule has 0 saturated heterocycles. The summed E-state index contributed by atoms with van der Waals surface area (Å²) in [6.07, 6.45) is 7.79. The summed E-state index contributed by atoms with van der Waals surface area (Å²) in [4.78, 5) is 4.99. The Bertz CT molecular complexity index is 232. The fourth-order valence-electron chi connectivity index (χ4n) is 3.38. The molecule has 0 heterocycles. The zero-order valence-corrected chi connectivity index (χ0v) is 13.6. The first-order valence-electron chi connectivity index (χ1n) is 8.14. The van der Waals surface area contributed by atoms with E-state index in [9.17, 15) is 0 Å². The van der Waals surface area contributed by atoms with Gasteiger partial charge in [0, 0.05) is 12.1 Å². The Kier molecular flexibility index (Phi) is 7.33. The highest BCUT2D eigenvalue weighted by Crippen LogP contribution is 2.36. The molecular weight excluding hydrogens is 234 g/mol. The highest BCUT2D eigenvalue weighted by atomic mass is 15.2. The van der Waals surface area contributed by atoms with Crippen molar-refractivity contribution in [3.8, 4) is 0 Å². The van der Waals surface area contributed by atoms with Crippen LogP contribution in [0.1, 0.15) is 52.4 Å². The Morgan fingerprint density at radius 3 is 2.21 bits per heavy atom. The van der Waals surface area contributed by atoms with E-state index in [0.29, 0.717) is 5.54 Å². The van der Waals surface area contributed by atoms with Gasteiger partial charge in [0.15, 0.2) is 0 Å². The molecule has 0 unspecified atom stereocenters. The first-order valence-corrected chi connectivity index (χ1v) is 8.14. The molecule has 1 saturated carbocycles. The molecule has 3 heteroatoms. The van der Waals surface area contributed by atoms with E-state index in [-0.39, 0.29) is 0 Å². The maximum Gasteiger partial charge on any atom is 0.0331 e. The molecule has 0 aromatic rings. The van der Waals surface area contributed by atoms with Gasteiger partial charge in [-0.2, -0.15) is 0 Å². The molecule has 1 aliphatic carbocycles. The zero-order chi connectivity index (χ0) is 14.3. The molecule has 0 bridgehead atoms. The van der Waals surface area contributed by atoms with Crippen molar-refractivity contribution < 1.29 is 0 Å². The third kappa shape index (κ3) is 5.05. The number of nitrogens with two attached hydrogens (primary N) is 1. The van der Waals surface area contributed by atoms with Crippen LogP contribution in [0.5, 0.6) is 0 Å². The van der Waals surface area contributed by atoms with E-state index in [1.54, 1.807) is 0 Å². The van der Waals surface area contributed by atoms with Crippen molar-refractivity contribution >= 4 is 0 Å². The highest BCUT2D eigenvalue weighted by Gasteiger charge is 2.37. The van der Waals surface area contributed by atoms with Gasteiger partial charge in [-0.15, -0.1) is 0 Å². The largest absolute Gasteiger partial charge is 0.329 e. The molecule has 0 atom stereocenters. The maximum absolute atomic E-state index is 6.19. The van der Waals surface area contributed by atoms with Crippen molar-refractivity contribution in [2.24, 2.45) is 11.7 Å². The van der Waals surface area contributed by atoms with Crippen LogP contribution in [0.4, 0.5) is 0 Å². The summed E-state index contributed by atoms with van der Waals surface area (Å²) in [5.74, 6) is 0.893. The molecule has 3 nitrogen and oxygen atoms in total. The number of hydrogen-bond acceptors (Lipinski definition) is 3. The second-order valence-corrected chi connectivity index (χ2v) is 6.75. The standard InChI is InChI=1S/C16H35N3/c1-5-11-19(13-6-12-18(3)4)16(14-17)9-7-15(2)8-10-16/h15H,5-14,17H2,1-4H3. The van der Waals surface area contributed by atoms with Crippen molar-refractivity contribution in [2.75, 3.05) is 40.3 Å². The summed E-state index contributed by atoms with van der Waals surface area (Å²) in [6, 6.07) is 0. The lowest BCUT2D eigenvalue weighted by molar-refractivity contribution is 0.0420. The summed E-state index contributed by atoms with van der Waals surface area (Å²) >= 11 is 0. The Morgan fingerprint density at radius 1 is 1.11 bits per heavy atom. The quantitative estimate of drug-likeness (QED) is 0.735. The first kappa shape index (κ1) is 16.9. The number of hydrogen-bond donors (Lipinski definition) is 1. The molecule has 2 N–H and O–H groups in total. The summed E-state index contributed by atoms with van der Waals surface area (Å²) < 4.78 is 0. The zero-order valence-electron chi connectivity index (χ0n) is 13.6. The number of rotatable bonds is 8. The van der Waals surface area contributed by atoms with E-state index in [1.165, 1.54) is 58.2 Å². The monoisotopic (exact) mass is 269 g/mol. The maximum atomic E-state index is 6.19. The lowest BCUT2D eigenvalue weighted by Crippen LogP contribution is -2.56. The predicted octanol–water partition coefficient (Wildman–Crippen LogP) is 2.56. The molecule has 0 aromatic carbocycles. The van der Waals surface area contributed by atoms with Crippen LogP contribution >= 0.6 is 0 Å². The van der Waals surface area contributed by atoms with Crippen LogP contribution in [0.3, 0.4) is 0 Å². The van der Waals surface area contributed by atoms with Gasteiger partial charge in [-0.3, -0.25) is 4.90 Å². The average molecular weight is 269 g/mol. The van der Waals surface area contributed by atoms with Gasteiger partial charge in [-0.1, -0.05) is 13.8 Å². The Balaban J connectivity index is 2.60. The minimum absolute atomic E-state index is 0.300. The molecule has 1 rings (SSSR count). The van der Waals surface area contributed by atoms with E-state index in [2.05, 4.69) is 37.7 Å². The first-order chi connectivity index (χ1) is 9.04. The van der Waals surface area contributed by atoms with Crippen LogP contribution in [-0.4, -0.2) is 55.6 Å². The van der Waals surface area contributed by atoms with Gasteiger partial charge in [-0.05, 0) is 78.2 Å². The predicted molar refractivity (Wildman–Crippen MR) is 84.5 cm³/mol. The second-order valence-electron chi connectivity index (χ2n) is 6.75. The molecule has 0 radical (unpaired) electrons. The van der Waals surface area contributed by atoms with Crippen LogP contribution < -0.4 is 5.73 Å². The molecule has 0 aromatic heterocycles. The highest BCUT2D eigenvalue weighted by molar-refractivity contribution is 4.95. The molecule has 0 amide bonds. The summed E-state index contributed by atoms with van der Waals surface area (Å²) in [7, 11) is 4.32. The van der Waals surface area contributed by atoms with E-state index >= 15 is 0 Å². The van der Waals surface area contributed by atoms with E-state index < -0.39 is 0 Å². The minimum atomic E-state index is 0.300. The van der Waals surface area contributed by atoms with Crippen molar-refractivity contribution in [3.63, 3.8) is 0 Å². The van der Waals surface area contributed by atoms with Crippen molar-refractivity contribution in [1.29, 1.82) is 0 Å². The van der Waals surface area contributed by atoms with E-state index in [1.807, 2.05) is 0 Å². The van der Waals surface area contributed by atoms with Crippen LogP contribution in [0, 0.1) is 5.92 Å². The van der Waals surface area contributed by atoms with Crippen LogP contribution in [0.25, 0.3) is 0 Å².